The lowest BCUT2D eigenvalue weighted by atomic mass is 9.91. The van der Waals surface area contributed by atoms with E-state index in [4.69, 9.17) is 4.74 Å². The van der Waals surface area contributed by atoms with Crippen LogP contribution in [0.15, 0.2) is 0 Å². The van der Waals surface area contributed by atoms with Gasteiger partial charge in [0.1, 0.15) is 0 Å². The van der Waals surface area contributed by atoms with E-state index in [1.807, 2.05) is 0 Å². The van der Waals surface area contributed by atoms with E-state index in [1.165, 1.54) is 25.9 Å². The fraction of sp³-hybridized carbons (Fsp3) is 1.00. The minimum Gasteiger partial charge on any atom is -0.383 e. The lowest BCUT2D eigenvalue weighted by Crippen LogP contribution is -2.61. The third-order valence-corrected chi connectivity index (χ3v) is 3.50. The number of nitrogens with zero attached hydrogens (tertiary/aromatic N) is 2. The van der Waals surface area contributed by atoms with Crippen LogP contribution in [0, 0.1) is 0 Å². The van der Waals surface area contributed by atoms with E-state index in [9.17, 15) is 0 Å². The lowest BCUT2D eigenvalue weighted by molar-refractivity contribution is -0.0168. The first kappa shape index (κ1) is 9.44. The minimum absolute atomic E-state index is 0.796. The Hall–Kier alpha value is -0.120. The van der Waals surface area contributed by atoms with Gasteiger partial charge < -0.3 is 9.64 Å². The molecule has 3 aliphatic rings. The molecule has 2 atom stereocenters. The average molecular weight is 184 g/mol. The third-order valence-electron chi connectivity index (χ3n) is 3.50. The summed E-state index contributed by atoms with van der Waals surface area (Å²) in [4.78, 5) is 5.11. The zero-order valence-corrected chi connectivity index (χ0v) is 8.70. The molecule has 1 unspecified atom stereocenters. The number of fused-ring (bicyclic) bond motifs is 3. The van der Waals surface area contributed by atoms with Crippen LogP contribution in [0.25, 0.3) is 0 Å². The van der Waals surface area contributed by atoms with Crippen molar-refractivity contribution in [1.82, 2.24) is 9.80 Å². The fourth-order valence-electron chi connectivity index (χ4n) is 2.61. The van der Waals surface area contributed by atoms with Gasteiger partial charge in [0.05, 0.1) is 6.61 Å². The monoisotopic (exact) mass is 184 g/mol. The topological polar surface area (TPSA) is 15.7 Å². The maximum absolute atomic E-state index is 5.12. The van der Waals surface area contributed by atoms with Crippen molar-refractivity contribution in [1.29, 1.82) is 0 Å². The number of piperazine rings is 1. The second-order valence-electron chi connectivity index (χ2n) is 4.31. The van der Waals surface area contributed by atoms with Gasteiger partial charge in [0.2, 0.25) is 0 Å². The Morgan fingerprint density at radius 3 is 2.54 bits per heavy atom. The largest absolute Gasteiger partial charge is 0.383 e. The third kappa shape index (κ3) is 1.87. The molecule has 0 aliphatic carbocycles. The van der Waals surface area contributed by atoms with Gasteiger partial charge in [0, 0.05) is 38.8 Å². The Bertz CT molecular complexity index is 174. The zero-order valence-electron chi connectivity index (χ0n) is 8.70. The van der Waals surface area contributed by atoms with E-state index in [0.29, 0.717) is 0 Å². The first-order valence-corrected chi connectivity index (χ1v) is 5.24. The van der Waals surface area contributed by atoms with Gasteiger partial charge in [-0.25, -0.2) is 0 Å². The molecular weight excluding hydrogens is 164 g/mol. The molecule has 3 fully saturated rings. The maximum atomic E-state index is 5.12. The molecule has 3 saturated heterocycles. The normalized spacial score (nSPS) is 35.5. The molecule has 2 bridgehead atoms. The van der Waals surface area contributed by atoms with E-state index in [-0.39, 0.29) is 0 Å². The molecule has 3 rings (SSSR count). The quantitative estimate of drug-likeness (QED) is 0.632. The van der Waals surface area contributed by atoms with Gasteiger partial charge in [0.15, 0.2) is 0 Å². The lowest BCUT2D eigenvalue weighted by Gasteiger charge is -2.50. The van der Waals surface area contributed by atoms with Gasteiger partial charge in [-0.3, -0.25) is 4.90 Å². The number of methoxy groups -OCH3 is 1. The Balaban J connectivity index is 1.87. The van der Waals surface area contributed by atoms with Gasteiger partial charge in [-0.2, -0.15) is 0 Å². The van der Waals surface area contributed by atoms with Crippen molar-refractivity contribution in [2.24, 2.45) is 0 Å². The molecule has 0 saturated carbocycles. The van der Waals surface area contributed by atoms with Gasteiger partial charge in [0.25, 0.3) is 0 Å². The van der Waals surface area contributed by atoms with Crippen LogP contribution in [0.2, 0.25) is 0 Å². The van der Waals surface area contributed by atoms with Crippen LogP contribution >= 0.6 is 0 Å². The predicted molar refractivity (Wildman–Crippen MR) is 52.9 cm³/mol. The van der Waals surface area contributed by atoms with E-state index in [2.05, 4.69) is 16.8 Å². The van der Waals surface area contributed by atoms with Crippen LogP contribution < -0.4 is 0 Å². The van der Waals surface area contributed by atoms with Gasteiger partial charge >= 0.3 is 0 Å². The molecule has 0 aromatic rings. The Morgan fingerprint density at radius 1 is 1.23 bits per heavy atom. The summed E-state index contributed by atoms with van der Waals surface area (Å²) in [5, 5.41) is 0. The van der Waals surface area contributed by atoms with Crippen molar-refractivity contribution in [3.05, 3.63) is 0 Å². The molecule has 0 radical (unpaired) electrons. The molecular formula is C10H20N2O. The first-order valence-electron chi connectivity index (χ1n) is 5.24. The van der Waals surface area contributed by atoms with Crippen LogP contribution in [0.5, 0.6) is 0 Å². The van der Waals surface area contributed by atoms with Crippen molar-refractivity contribution in [3.63, 3.8) is 0 Å². The molecule has 3 nitrogen and oxygen atoms in total. The highest BCUT2D eigenvalue weighted by Gasteiger charge is 2.36. The summed E-state index contributed by atoms with van der Waals surface area (Å²) >= 11 is 0. The second kappa shape index (κ2) is 3.95. The van der Waals surface area contributed by atoms with Gasteiger partial charge in [-0.1, -0.05) is 0 Å². The molecule has 0 spiro atoms. The van der Waals surface area contributed by atoms with E-state index >= 15 is 0 Å². The summed E-state index contributed by atoms with van der Waals surface area (Å²) in [6, 6.07) is 1.60. The zero-order chi connectivity index (χ0) is 9.26. The van der Waals surface area contributed by atoms with Crippen LogP contribution in [0.1, 0.15) is 12.8 Å². The molecule has 3 aliphatic heterocycles. The molecule has 76 valence electrons. The molecule has 0 N–H and O–H groups in total. The average Bonchev–Trinajstić information content (AvgIpc) is 2.16. The van der Waals surface area contributed by atoms with Crippen molar-refractivity contribution in [2.45, 2.75) is 24.9 Å². The fourth-order valence-corrected chi connectivity index (χ4v) is 2.61. The number of likely N-dealkylation sites (N-methyl/N-ethyl adjacent to an activating group) is 1. The Labute approximate surface area is 80.6 Å². The predicted octanol–water partition coefficient (Wildman–Crippen LogP) is 0.411. The summed E-state index contributed by atoms with van der Waals surface area (Å²) in [7, 11) is 4.04. The summed E-state index contributed by atoms with van der Waals surface area (Å²) in [5.74, 6) is 0. The first-order chi connectivity index (χ1) is 6.31. The van der Waals surface area contributed by atoms with Crippen LogP contribution in [-0.4, -0.2) is 62.3 Å². The minimum atomic E-state index is 0.796. The Morgan fingerprint density at radius 2 is 2.00 bits per heavy atom. The van der Waals surface area contributed by atoms with Crippen LogP contribution in [0.3, 0.4) is 0 Å². The van der Waals surface area contributed by atoms with E-state index < -0.39 is 0 Å². The molecule has 0 aromatic heterocycles. The van der Waals surface area contributed by atoms with Crippen molar-refractivity contribution in [2.75, 3.05) is 40.4 Å². The molecule has 0 amide bonds. The van der Waals surface area contributed by atoms with Crippen molar-refractivity contribution < 1.29 is 4.74 Å². The summed E-state index contributed by atoms with van der Waals surface area (Å²) in [5.41, 5.74) is 0. The summed E-state index contributed by atoms with van der Waals surface area (Å²) in [6.07, 6.45) is 2.78. The highest BCUT2D eigenvalue weighted by atomic mass is 16.5. The molecule has 3 heterocycles. The van der Waals surface area contributed by atoms with Gasteiger partial charge in [-0.15, -0.1) is 0 Å². The Kier molecular flexibility index (Phi) is 2.86. The number of hydrogen-bond acceptors (Lipinski definition) is 3. The molecule has 13 heavy (non-hydrogen) atoms. The SMILES string of the molecule is COCCN1CC2CC[C@H]1CN2C. The van der Waals surface area contributed by atoms with Gasteiger partial charge in [-0.05, 0) is 19.9 Å². The number of hydrogen-bond donors (Lipinski definition) is 0. The maximum Gasteiger partial charge on any atom is 0.0589 e. The number of ether oxygens (including phenoxy) is 1. The summed E-state index contributed by atoms with van der Waals surface area (Å²) < 4.78 is 5.12. The summed E-state index contributed by atoms with van der Waals surface area (Å²) in [6.45, 7) is 4.51. The van der Waals surface area contributed by atoms with Crippen LogP contribution in [-0.2, 0) is 4.74 Å². The standard InChI is InChI=1S/C10H20N2O/c1-11-7-10-4-3-9(11)8-12(10)5-6-13-2/h9-10H,3-8H2,1-2H3/t9?,10-/m0/s1. The smallest absolute Gasteiger partial charge is 0.0589 e. The van der Waals surface area contributed by atoms with Crippen molar-refractivity contribution >= 4 is 0 Å². The van der Waals surface area contributed by atoms with E-state index in [1.54, 1.807) is 7.11 Å². The number of piperidine rings is 2. The van der Waals surface area contributed by atoms with Crippen LogP contribution in [0.4, 0.5) is 0 Å². The highest BCUT2D eigenvalue weighted by Crippen LogP contribution is 2.26. The highest BCUT2D eigenvalue weighted by molar-refractivity contribution is 4.93. The second-order valence-corrected chi connectivity index (χ2v) is 4.31. The number of rotatable bonds is 3. The molecule has 0 aromatic carbocycles. The molecule has 3 heteroatoms. The van der Waals surface area contributed by atoms with E-state index in [0.717, 1.165) is 25.2 Å². The van der Waals surface area contributed by atoms with Crippen molar-refractivity contribution in [3.8, 4) is 0 Å².